The van der Waals surface area contributed by atoms with Gasteiger partial charge in [-0.2, -0.15) is 0 Å². The number of halogens is 2. The quantitative estimate of drug-likeness (QED) is 0.873. The summed E-state index contributed by atoms with van der Waals surface area (Å²) in [5, 5.41) is 19.4. The maximum atomic E-state index is 12.4. The van der Waals surface area contributed by atoms with Gasteiger partial charge in [0.1, 0.15) is 5.76 Å². The van der Waals surface area contributed by atoms with Gasteiger partial charge in [-0.3, -0.25) is 4.79 Å². The van der Waals surface area contributed by atoms with Gasteiger partial charge in [-0.05, 0) is 25.1 Å². The molecule has 0 bridgehead atoms. The number of benzene rings is 1. The summed E-state index contributed by atoms with van der Waals surface area (Å²) >= 11 is 11.7. The van der Waals surface area contributed by atoms with E-state index in [1.54, 1.807) is 6.92 Å². The highest BCUT2D eigenvalue weighted by Crippen LogP contribution is 2.27. The standard InChI is InChI=1S/C14H13Cl2NO4/c1-7-4-9(14(20)21)12(18)6-17(7)13(19)8-2-3-10(15)11(16)5-8/h2-3,5,7,18H,4,6H2,1H3,(H,20,21)/t7-/m1/s1. The van der Waals surface area contributed by atoms with Crippen LogP contribution in [-0.2, 0) is 4.79 Å². The number of carbonyl (C=O) groups excluding carboxylic acids is 1. The molecule has 1 amide bonds. The normalized spacial score (nSPS) is 18.8. The molecule has 0 fully saturated rings. The zero-order chi connectivity index (χ0) is 15.7. The zero-order valence-corrected chi connectivity index (χ0v) is 12.6. The third-order valence-corrected chi connectivity index (χ3v) is 4.12. The summed E-state index contributed by atoms with van der Waals surface area (Å²) in [4.78, 5) is 24.8. The Labute approximate surface area is 131 Å². The molecule has 0 saturated carbocycles. The number of rotatable bonds is 2. The molecule has 7 heteroatoms. The minimum Gasteiger partial charge on any atom is -0.510 e. The van der Waals surface area contributed by atoms with Gasteiger partial charge in [-0.25, -0.2) is 4.79 Å². The van der Waals surface area contributed by atoms with Gasteiger partial charge in [-0.1, -0.05) is 23.2 Å². The SMILES string of the molecule is C[C@@H]1CC(C(=O)O)=C(O)CN1C(=O)c1ccc(Cl)c(Cl)c1. The molecular weight excluding hydrogens is 317 g/mol. The summed E-state index contributed by atoms with van der Waals surface area (Å²) in [6.45, 7) is 1.59. The van der Waals surface area contributed by atoms with Crippen LogP contribution in [0.5, 0.6) is 0 Å². The molecule has 0 unspecified atom stereocenters. The van der Waals surface area contributed by atoms with Crippen molar-refractivity contribution in [2.24, 2.45) is 0 Å². The molecule has 1 aromatic rings. The Morgan fingerprint density at radius 1 is 1.29 bits per heavy atom. The van der Waals surface area contributed by atoms with Crippen LogP contribution in [0.3, 0.4) is 0 Å². The minimum absolute atomic E-state index is 0.0549. The number of nitrogens with zero attached hydrogens (tertiary/aromatic N) is 1. The zero-order valence-electron chi connectivity index (χ0n) is 11.1. The predicted octanol–water partition coefficient (Wildman–Crippen LogP) is 3.12. The summed E-state index contributed by atoms with van der Waals surface area (Å²) in [6.07, 6.45) is 0.0915. The molecule has 1 atom stereocenters. The molecule has 2 rings (SSSR count). The number of aliphatic carboxylic acids is 1. The molecule has 1 heterocycles. The van der Waals surface area contributed by atoms with Crippen molar-refractivity contribution < 1.29 is 19.8 Å². The van der Waals surface area contributed by atoms with Crippen LogP contribution in [-0.4, -0.2) is 39.6 Å². The van der Waals surface area contributed by atoms with E-state index < -0.39 is 5.97 Å². The molecule has 112 valence electrons. The van der Waals surface area contributed by atoms with Crippen LogP contribution in [0.1, 0.15) is 23.7 Å². The maximum Gasteiger partial charge on any atom is 0.335 e. The Hall–Kier alpha value is -1.72. The first-order valence-corrected chi connectivity index (χ1v) is 6.97. The van der Waals surface area contributed by atoms with E-state index in [0.29, 0.717) is 10.6 Å². The number of carboxylic acids is 1. The Morgan fingerprint density at radius 3 is 2.52 bits per heavy atom. The Morgan fingerprint density at radius 2 is 1.95 bits per heavy atom. The molecular formula is C14H13Cl2NO4. The summed E-state index contributed by atoms with van der Waals surface area (Å²) in [6, 6.07) is 4.17. The Bertz CT molecular complexity index is 642. The van der Waals surface area contributed by atoms with E-state index in [4.69, 9.17) is 28.3 Å². The van der Waals surface area contributed by atoms with Crippen molar-refractivity contribution in [3.8, 4) is 0 Å². The molecule has 0 saturated heterocycles. The number of aliphatic hydroxyl groups is 1. The van der Waals surface area contributed by atoms with Crippen LogP contribution < -0.4 is 0 Å². The first-order chi connectivity index (χ1) is 9.81. The monoisotopic (exact) mass is 329 g/mol. The van der Waals surface area contributed by atoms with E-state index in [1.165, 1.54) is 23.1 Å². The smallest absolute Gasteiger partial charge is 0.335 e. The number of carbonyl (C=O) groups is 2. The fraction of sp³-hybridized carbons (Fsp3) is 0.286. The molecule has 0 aliphatic carbocycles. The van der Waals surface area contributed by atoms with Gasteiger partial charge < -0.3 is 15.1 Å². The molecule has 0 aromatic heterocycles. The van der Waals surface area contributed by atoms with Crippen LogP contribution in [0.4, 0.5) is 0 Å². The van der Waals surface area contributed by atoms with Gasteiger partial charge in [0, 0.05) is 18.0 Å². The van der Waals surface area contributed by atoms with Crippen LogP contribution in [0, 0.1) is 0 Å². The lowest BCUT2D eigenvalue weighted by molar-refractivity contribution is -0.133. The van der Waals surface area contributed by atoms with E-state index in [2.05, 4.69) is 0 Å². The lowest BCUT2D eigenvalue weighted by Gasteiger charge is -2.33. The summed E-state index contributed by atoms with van der Waals surface area (Å²) in [5.41, 5.74) is 0.281. The average molecular weight is 330 g/mol. The topological polar surface area (TPSA) is 77.8 Å². The Balaban J connectivity index is 2.28. The van der Waals surface area contributed by atoms with E-state index >= 15 is 0 Å². The third kappa shape index (κ3) is 3.14. The molecule has 1 aromatic carbocycles. The largest absolute Gasteiger partial charge is 0.510 e. The van der Waals surface area contributed by atoms with E-state index in [1.807, 2.05) is 0 Å². The molecule has 21 heavy (non-hydrogen) atoms. The molecule has 1 aliphatic heterocycles. The molecule has 1 aliphatic rings. The third-order valence-electron chi connectivity index (χ3n) is 3.39. The highest BCUT2D eigenvalue weighted by Gasteiger charge is 2.31. The first kappa shape index (κ1) is 15.7. The minimum atomic E-state index is -1.17. The fourth-order valence-corrected chi connectivity index (χ4v) is 2.51. The van der Waals surface area contributed by atoms with Gasteiger partial charge in [0.2, 0.25) is 0 Å². The second-order valence-corrected chi connectivity index (χ2v) is 5.66. The number of hydrogen-bond acceptors (Lipinski definition) is 3. The highest BCUT2D eigenvalue weighted by molar-refractivity contribution is 6.42. The van der Waals surface area contributed by atoms with Gasteiger partial charge in [0.15, 0.2) is 0 Å². The average Bonchev–Trinajstić information content (AvgIpc) is 2.43. The summed E-state index contributed by atoms with van der Waals surface area (Å²) < 4.78 is 0. The number of carboxylic acid groups (broad SMARTS) is 1. The Kier molecular flexibility index (Phi) is 4.44. The summed E-state index contributed by atoms with van der Waals surface area (Å²) in [5.74, 6) is -1.80. The van der Waals surface area contributed by atoms with Crippen molar-refractivity contribution >= 4 is 35.1 Å². The first-order valence-electron chi connectivity index (χ1n) is 6.21. The van der Waals surface area contributed by atoms with Crippen LogP contribution >= 0.6 is 23.2 Å². The van der Waals surface area contributed by atoms with Crippen molar-refractivity contribution in [1.82, 2.24) is 4.90 Å². The van der Waals surface area contributed by atoms with E-state index in [0.717, 1.165) is 0 Å². The molecule has 2 N–H and O–H groups in total. The van der Waals surface area contributed by atoms with E-state index in [9.17, 15) is 14.7 Å². The van der Waals surface area contributed by atoms with Crippen molar-refractivity contribution in [3.05, 3.63) is 45.1 Å². The van der Waals surface area contributed by atoms with Gasteiger partial charge in [0.25, 0.3) is 5.91 Å². The molecule has 0 spiro atoms. The second-order valence-electron chi connectivity index (χ2n) is 4.85. The maximum absolute atomic E-state index is 12.4. The van der Waals surface area contributed by atoms with Gasteiger partial charge in [0.05, 0.1) is 22.2 Å². The number of aliphatic hydroxyl groups excluding tert-OH is 1. The van der Waals surface area contributed by atoms with Crippen molar-refractivity contribution in [1.29, 1.82) is 0 Å². The number of hydrogen-bond donors (Lipinski definition) is 2. The van der Waals surface area contributed by atoms with E-state index in [-0.39, 0.29) is 41.3 Å². The molecule has 0 radical (unpaired) electrons. The second kappa shape index (κ2) is 5.95. The van der Waals surface area contributed by atoms with Crippen molar-refractivity contribution in [3.63, 3.8) is 0 Å². The lowest BCUT2D eigenvalue weighted by atomic mass is 9.99. The van der Waals surface area contributed by atoms with Crippen LogP contribution in [0.25, 0.3) is 0 Å². The molecule has 5 nitrogen and oxygen atoms in total. The number of amides is 1. The van der Waals surface area contributed by atoms with Gasteiger partial charge in [-0.15, -0.1) is 0 Å². The lowest BCUT2D eigenvalue weighted by Crippen LogP contribution is -2.44. The van der Waals surface area contributed by atoms with Gasteiger partial charge >= 0.3 is 5.97 Å². The summed E-state index contributed by atoms with van der Waals surface area (Å²) in [7, 11) is 0. The van der Waals surface area contributed by atoms with Crippen LogP contribution in [0.2, 0.25) is 10.0 Å². The predicted molar refractivity (Wildman–Crippen MR) is 78.9 cm³/mol. The van der Waals surface area contributed by atoms with Crippen molar-refractivity contribution in [2.75, 3.05) is 6.54 Å². The highest BCUT2D eigenvalue weighted by atomic mass is 35.5. The van der Waals surface area contributed by atoms with Crippen molar-refractivity contribution in [2.45, 2.75) is 19.4 Å². The fourth-order valence-electron chi connectivity index (χ4n) is 2.21. The van der Waals surface area contributed by atoms with Crippen LogP contribution in [0.15, 0.2) is 29.5 Å².